The van der Waals surface area contributed by atoms with Gasteiger partial charge in [0.1, 0.15) is 5.75 Å². The number of nitrogens with zero attached hydrogens (tertiary/aromatic N) is 2. The lowest BCUT2D eigenvalue weighted by Crippen LogP contribution is -2.44. The molecule has 1 aromatic rings. The van der Waals surface area contributed by atoms with Gasteiger partial charge in [0.2, 0.25) is 0 Å². The summed E-state index contributed by atoms with van der Waals surface area (Å²) >= 11 is 0. The van der Waals surface area contributed by atoms with Crippen molar-refractivity contribution in [3.63, 3.8) is 0 Å². The third-order valence-electron chi connectivity index (χ3n) is 2.72. The van der Waals surface area contributed by atoms with Crippen molar-refractivity contribution in [2.75, 3.05) is 38.1 Å². The summed E-state index contributed by atoms with van der Waals surface area (Å²) < 4.78 is 0. The molecule has 1 aromatic carbocycles. The second-order valence-corrected chi connectivity index (χ2v) is 3.81. The Morgan fingerprint density at radius 1 is 0.938 bits per heavy atom. The topological polar surface area (TPSA) is 26.7 Å². The van der Waals surface area contributed by atoms with Gasteiger partial charge in [0, 0.05) is 31.9 Å². The fourth-order valence-electron chi connectivity index (χ4n) is 1.73. The summed E-state index contributed by atoms with van der Waals surface area (Å²) in [7, 11) is 2.15. The summed E-state index contributed by atoms with van der Waals surface area (Å²) in [4.78, 5) is 4.68. The van der Waals surface area contributed by atoms with Crippen molar-refractivity contribution in [1.29, 1.82) is 0 Å². The van der Waals surface area contributed by atoms with Crippen molar-refractivity contribution in [3.8, 4) is 5.75 Å². The highest BCUT2D eigenvalue weighted by molar-refractivity contribution is 5.49. The second kappa shape index (κ2) is 6.38. The maximum atomic E-state index is 9.17. The minimum Gasteiger partial charge on any atom is -0.508 e. The third-order valence-corrected chi connectivity index (χ3v) is 2.72. The Morgan fingerprint density at radius 2 is 1.44 bits per heavy atom. The van der Waals surface area contributed by atoms with Crippen molar-refractivity contribution in [2.45, 2.75) is 13.8 Å². The molecule has 1 saturated heterocycles. The molecular weight excluding hydrogens is 200 g/mol. The highest BCUT2D eigenvalue weighted by Gasteiger charge is 2.13. The van der Waals surface area contributed by atoms with E-state index in [-0.39, 0.29) is 0 Å². The summed E-state index contributed by atoms with van der Waals surface area (Å²) in [5.74, 6) is 0.336. The predicted molar refractivity (Wildman–Crippen MR) is 69.2 cm³/mol. The van der Waals surface area contributed by atoms with Gasteiger partial charge in [-0.25, -0.2) is 0 Å². The Bertz CT molecular complexity index is 289. The van der Waals surface area contributed by atoms with Crippen LogP contribution in [0.1, 0.15) is 13.8 Å². The smallest absolute Gasteiger partial charge is 0.115 e. The molecule has 0 aliphatic carbocycles. The average molecular weight is 222 g/mol. The molecule has 2 rings (SSSR count). The van der Waals surface area contributed by atoms with Crippen molar-refractivity contribution in [3.05, 3.63) is 24.3 Å². The Morgan fingerprint density at radius 3 is 1.94 bits per heavy atom. The molecule has 1 aliphatic rings. The molecule has 1 N–H and O–H groups in total. The molecule has 1 heterocycles. The van der Waals surface area contributed by atoms with E-state index in [1.165, 1.54) is 5.69 Å². The summed E-state index contributed by atoms with van der Waals surface area (Å²) in [6, 6.07) is 7.43. The molecular formula is C13H22N2O. The number of piperazine rings is 1. The Balaban J connectivity index is 0.000000606. The van der Waals surface area contributed by atoms with Gasteiger partial charge in [0.05, 0.1) is 0 Å². The van der Waals surface area contributed by atoms with E-state index in [0.29, 0.717) is 5.75 Å². The number of aromatic hydroxyl groups is 1. The highest BCUT2D eigenvalue weighted by Crippen LogP contribution is 2.19. The molecule has 0 bridgehead atoms. The Labute approximate surface area is 98.3 Å². The fourth-order valence-corrected chi connectivity index (χ4v) is 1.73. The minimum absolute atomic E-state index is 0.336. The molecule has 1 aliphatic heterocycles. The van der Waals surface area contributed by atoms with Crippen LogP contribution in [-0.4, -0.2) is 43.2 Å². The largest absolute Gasteiger partial charge is 0.508 e. The average Bonchev–Trinajstić information content (AvgIpc) is 2.34. The minimum atomic E-state index is 0.336. The summed E-state index contributed by atoms with van der Waals surface area (Å²) in [6.07, 6.45) is 0. The number of likely N-dealkylation sites (N-methyl/N-ethyl adjacent to an activating group) is 1. The number of phenols is 1. The maximum absolute atomic E-state index is 9.17. The van der Waals surface area contributed by atoms with Crippen LogP contribution in [0.4, 0.5) is 5.69 Å². The van der Waals surface area contributed by atoms with Crippen LogP contribution in [0.15, 0.2) is 24.3 Å². The van der Waals surface area contributed by atoms with E-state index in [4.69, 9.17) is 0 Å². The Kier molecular flexibility index (Phi) is 5.12. The first-order chi connectivity index (χ1) is 7.75. The van der Waals surface area contributed by atoms with Crippen LogP contribution >= 0.6 is 0 Å². The van der Waals surface area contributed by atoms with E-state index >= 15 is 0 Å². The van der Waals surface area contributed by atoms with Crippen LogP contribution in [0, 0.1) is 0 Å². The standard InChI is InChI=1S/C11H16N2O.C2H6/c1-12-6-8-13(9-7-12)10-2-4-11(14)5-3-10;1-2/h2-5,14H,6-9H2,1H3;1-2H3. The van der Waals surface area contributed by atoms with Crippen molar-refractivity contribution < 1.29 is 5.11 Å². The molecule has 16 heavy (non-hydrogen) atoms. The van der Waals surface area contributed by atoms with Crippen LogP contribution in [0.5, 0.6) is 5.75 Å². The molecule has 0 radical (unpaired) electrons. The predicted octanol–water partition coefficient (Wildman–Crippen LogP) is 2.17. The van der Waals surface area contributed by atoms with E-state index in [1.807, 2.05) is 26.0 Å². The van der Waals surface area contributed by atoms with E-state index in [9.17, 15) is 5.11 Å². The quantitative estimate of drug-likeness (QED) is 0.789. The molecule has 0 aromatic heterocycles. The molecule has 0 saturated carbocycles. The van der Waals surface area contributed by atoms with Gasteiger partial charge in [-0.2, -0.15) is 0 Å². The van der Waals surface area contributed by atoms with Gasteiger partial charge in [0.25, 0.3) is 0 Å². The lowest BCUT2D eigenvalue weighted by Gasteiger charge is -2.34. The van der Waals surface area contributed by atoms with Gasteiger partial charge in [0.15, 0.2) is 0 Å². The third kappa shape index (κ3) is 3.42. The number of benzene rings is 1. The molecule has 0 amide bonds. The first-order valence-corrected chi connectivity index (χ1v) is 5.98. The highest BCUT2D eigenvalue weighted by atomic mass is 16.3. The van der Waals surface area contributed by atoms with Gasteiger partial charge in [-0.3, -0.25) is 0 Å². The van der Waals surface area contributed by atoms with Crippen LogP contribution in [0.2, 0.25) is 0 Å². The number of phenolic OH excluding ortho intramolecular Hbond substituents is 1. The van der Waals surface area contributed by atoms with Crippen LogP contribution in [0.3, 0.4) is 0 Å². The van der Waals surface area contributed by atoms with Gasteiger partial charge in [-0.05, 0) is 31.3 Å². The lowest BCUT2D eigenvalue weighted by molar-refractivity contribution is 0.313. The molecule has 0 atom stereocenters. The van der Waals surface area contributed by atoms with Crippen LogP contribution in [0.25, 0.3) is 0 Å². The zero-order chi connectivity index (χ0) is 12.0. The number of anilines is 1. The zero-order valence-corrected chi connectivity index (χ0v) is 10.5. The zero-order valence-electron chi connectivity index (χ0n) is 10.5. The van der Waals surface area contributed by atoms with Crippen molar-refractivity contribution in [1.82, 2.24) is 4.90 Å². The second-order valence-electron chi connectivity index (χ2n) is 3.81. The van der Waals surface area contributed by atoms with Gasteiger partial charge in [-0.1, -0.05) is 13.8 Å². The molecule has 3 heteroatoms. The maximum Gasteiger partial charge on any atom is 0.115 e. The van der Waals surface area contributed by atoms with E-state index in [2.05, 4.69) is 16.8 Å². The van der Waals surface area contributed by atoms with E-state index < -0.39 is 0 Å². The van der Waals surface area contributed by atoms with Gasteiger partial charge >= 0.3 is 0 Å². The Hall–Kier alpha value is -1.22. The first kappa shape index (κ1) is 12.8. The number of hydrogen-bond donors (Lipinski definition) is 1. The van der Waals surface area contributed by atoms with E-state index in [1.54, 1.807) is 12.1 Å². The van der Waals surface area contributed by atoms with Crippen LogP contribution < -0.4 is 4.90 Å². The lowest BCUT2D eigenvalue weighted by atomic mass is 10.2. The summed E-state index contributed by atoms with van der Waals surface area (Å²) in [5.41, 5.74) is 1.20. The van der Waals surface area contributed by atoms with Gasteiger partial charge < -0.3 is 14.9 Å². The SMILES string of the molecule is CC.CN1CCN(c2ccc(O)cc2)CC1. The number of rotatable bonds is 1. The molecule has 0 spiro atoms. The van der Waals surface area contributed by atoms with Crippen molar-refractivity contribution >= 4 is 5.69 Å². The summed E-state index contributed by atoms with van der Waals surface area (Å²) in [6.45, 7) is 8.37. The molecule has 1 fully saturated rings. The first-order valence-electron chi connectivity index (χ1n) is 5.98. The molecule has 3 nitrogen and oxygen atoms in total. The fraction of sp³-hybridized carbons (Fsp3) is 0.538. The van der Waals surface area contributed by atoms with Crippen LogP contribution in [-0.2, 0) is 0 Å². The monoisotopic (exact) mass is 222 g/mol. The van der Waals surface area contributed by atoms with Gasteiger partial charge in [-0.15, -0.1) is 0 Å². The normalized spacial score (nSPS) is 16.6. The van der Waals surface area contributed by atoms with Crippen molar-refractivity contribution in [2.24, 2.45) is 0 Å². The number of hydrogen-bond acceptors (Lipinski definition) is 3. The molecule has 90 valence electrons. The molecule has 0 unspecified atom stereocenters. The summed E-state index contributed by atoms with van der Waals surface area (Å²) in [5, 5.41) is 9.17. The van der Waals surface area contributed by atoms with E-state index in [0.717, 1.165) is 26.2 Å².